The zero-order valence-corrected chi connectivity index (χ0v) is 11.2. The van der Waals surface area contributed by atoms with E-state index in [0.29, 0.717) is 5.82 Å². The minimum atomic E-state index is -0.0942. The van der Waals surface area contributed by atoms with Gasteiger partial charge in [-0.15, -0.1) is 11.8 Å². The summed E-state index contributed by atoms with van der Waals surface area (Å²) in [7, 11) is 0. The van der Waals surface area contributed by atoms with Gasteiger partial charge in [-0.05, 0) is 24.6 Å². The molecule has 4 N–H and O–H groups in total. The fourth-order valence-electron chi connectivity index (χ4n) is 1.73. The minimum Gasteiger partial charge on any atom is -0.383 e. The number of hydrogen-bond donors (Lipinski definition) is 2. The molecule has 0 radical (unpaired) electrons. The number of anilines is 1. The molecule has 4 heteroatoms. The third kappa shape index (κ3) is 3.03. The van der Waals surface area contributed by atoms with Crippen LogP contribution in [-0.2, 0) is 0 Å². The number of aryl methyl sites for hydroxylation is 1. The van der Waals surface area contributed by atoms with Crippen molar-refractivity contribution in [2.24, 2.45) is 5.73 Å². The van der Waals surface area contributed by atoms with E-state index in [1.165, 1.54) is 10.5 Å². The van der Waals surface area contributed by atoms with Crippen molar-refractivity contribution >= 4 is 17.6 Å². The third-order valence-electron chi connectivity index (χ3n) is 2.78. The van der Waals surface area contributed by atoms with Crippen LogP contribution in [0.25, 0.3) is 0 Å². The zero-order valence-electron chi connectivity index (χ0n) is 10.3. The summed E-state index contributed by atoms with van der Waals surface area (Å²) >= 11 is 1.75. The van der Waals surface area contributed by atoms with Crippen molar-refractivity contribution in [1.82, 2.24) is 4.98 Å². The highest BCUT2D eigenvalue weighted by molar-refractivity contribution is 7.99. The minimum absolute atomic E-state index is 0.0942. The smallest absolute Gasteiger partial charge is 0.128 e. The van der Waals surface area contributed by atoms with Crippen LogP contribution < -0.4 is 11.5 Å². The summed E-state index contributed by atoms with van der Waals surface area (Å²) < 4.78 is 0. The van der Waals surface area contributed by atoms with Gasteiger partial charge in [-0.25, -0.2) is 4.98 Å². The predicted octanol–water partition coefficient (Wildman–Crippen LogP) is 2.76. The molecule has 1 unspecified atom stereocenters. The summed E-state index contributed by atoms with van der Waals surface area (Å²) in [5.74, 6) is 1.32. The van der Waals surface area contributed by atoms with Gasteiger partial charge in [-0.2, -0.15) is 0 Å². The molecule has 0 aliphatic rings. The van der Waals surface area contributed by atoms with E-state index in [1.807, 2.05) is 24.3 Å². The summed E-state index contributed by atoms with van der Waals surface area (Å²) in [5.41, 5.74) is 14.2. The fraction of sp³-hybridized carbons (Fsp3) is 0.214. The van der Waals surface area contributed by atoms with Crippen LogP contribution in [0, 0.1) is 6.92 Å². The van der Waals surface area contributed by atoms with Gasteiger partial charge in [0.2, 0.25) is 0 Å². The Labute approximate surface area is 112 Å². The van der Waals surface area contributed by atoms with E-state index in [9.17, 15) is 0 Å². The lowest BCUT2D eigenvalue weighted by Crippen LogP contribution is -2.15. The Balaban J connectivity index is 2.03. The van der Waals surface area contributed by atoms with Crippen molar-refractivity contribution in [2.75, 3.05) is 11.5 Å². The number of benzene rings is 1. The van der Waals surface area contributed by atoms with Crippen LogP contribution in [0.3, 0.4) is 0 Å². The van der Waals surface area contributed by atoms with Crippen LogP contribution in [0.15, 0.2) is 47.5 Å². The topological polar surface area (TPSA) is 64.9 Å². The van der Waals surface area contributed by atoms with Crippen LogP contribution in [0.1, 0.15) is 17.2 Å². The molecule has 2 aromatic rings. The summed E-state index contributed by atoms with van der Waals surface area (Å²) in [4.78, 5) is 5.32. The molecule has 0 saturated carbocycles. The quantitative estimate of drug-likeness (QED) is 0.829. The monoisotopic (exact) mass is 259 g/mol. The predicted molar refractivity (Wildman–Crippen MR) is 77.5 cm³/mol. The molecule has 18 heavy (non-hydrogen) atoms. The van der Waals surface area contributed by atoms with E-state index >= 15 is 0 Å². The Morgan fingerprint density at radius 2 is 2.00 bits per heavy atom. The number of aromatic nitrogens is 1. The number of nitrogen functional groups attached to an aromatic ring is 1. The van der Waals surface area contributed by atoms with Gasteiger partial charge in [-0.1, -0.05) is 24.3 Å². The summed E-state index contributed by atoms with van der Waals surface area (Å²) in [6, 6.07) is 12.0. The Kier molecular flexibility index (Phi) is 4.23. The van der Waals surface area contributed by atoms with Crippen molar-refractivity contribution < 1.29 is 0 Å². The van der Waals surface area contributed by atoms with Crippen LogP contribution in [-0.4, -0.2) is 10.7 Å². The molecule has 0 saturated heterocycles. The van der Waals surface area contributed by atoms with Crippen LogP contribution >= 0.6 is 11.8 Å². The van der Waals surface area contributed by atoms with E-state index in [1.54, 1.807) is 18.0 Å². The molecule has 0 amide bonds. The largest absolute Gasteiger partial charge is 0.383 e. The van der Waals surface area contributed by atoms with Crippen LogP contribution in [0.5, 0.6) is 0 Å². The van der Waals surface area contributed by atoms with Crippen molar-refractivity contribution in [1.29, 1.82) is 0 Å². The second-order valence-electron chi connectivity index (χ2n) is 4.16. The molecule has 0 bridgehead atoms. The molecule has 1 atom stereocenters. The summed E-state index contributed by atoms with van der Waals surface area (Å²) in [6.07, 6.45) is 1.68. The molecule has 1 aromatic heterocycles. The van der Waals surface area contributed by atoms with E-state index in [4.69, 9.17) is 11.5 Å². The second kappa shape index (κ2) is 5.89. The average Bonchev–Trinajstić information content (AvgIpc) is 2.38. The lowest BCUT2D eigenvalue weighted by atomic mass is 10.1. The van der Waals surface area contributed by atoms with Gasteiger partial charge in [0.15, 0.2) is 0 Å². The fourth-order valence-corrected chi connectivity index (χ4v) is 2.74. The maximum absolute atomic E-state index is 6.15. The Bertz CT molecular complexity index is 528. The Morgan fingerprint density at radius 3 is 2.72 bits per heavy atom. The molecule has 3 nitrogen and oxygen atoms in total. The zero-order chi connectivity index (χ0) is 13.0. The summed E-state index contributed by atoms with van der Waals surface area (Å²) in [6.45, 7) is 2.10. The highest BCUT2D eigenvalue weighted by Gasteiger charge is 2.10. The molecule has 1 heterocycles. The molecular weight excluding hydrogens is 242 g/mol. The molecule has 0 fully saturated rings. The van der Waals surface area contributed by atoms with Gasteiger partial charge < -0.3 is 11.5 Å². The molecule has 0 aliphatic carbocycles. The van der Waals surface area contributed by atoms with Crippen LogP contribution in [0.2, 0.25) is 0 Å². The van der Waals surface area contributed by atoms with Crippen molar-refractivity contribution in [3.63, 3.8) is 0 Å². The second-order valence-corrected chi connectivity index (χ2v) is 5.22. The van der Waals surface area contributed by atoms with Crippen LogP contribution in [0.4, 0.5) is 5.82 Å². The maximum Gasteiger partial charge on any atom is 0.128 e. The number of pyridine rings is 1. The number of nitrogens with zero attached hydrogens (tertiary/aromatic N) is 1. The lowest BCUT2D eigenvalue weighted by Gasteiger charge is -2.13. The Morgan fingerprint density at radius 1 is 1.22 bits per heavy atom. The number of hydrogen-bond acceptors (Lipinski definition) is 4. The highest BCUT2D eigenvalue weighted by atomic mass is 32.2. The van der Waals surface area contributed by atoms with Gasteiger partial charge in [0.05, 0.1) is 0 Å². The molecule has 1 aromatic carbocycles. The normalized spacial score (nSPS) is 12.3. The molecule has 0 spiro atoms. The molecular formula is C14H17N3S. The first-order valence-electron chi connectivity index (χ1n) is 5.83. The van der Waals surface area contributed by atoms with Crippen molar-refractivity contribution in [3.05, 3.63) is 53.7 Å². The standard InChI is InChI=1S/C14H17N3S/c1-10-5-2-3-7-13(10)18-9-12(15)11-6-4-8-17-14(11)16/h2-8,12H,9,15H2,1H3,(H2,16,17). The summed E-state index contributed by atoms with van der Waals surface area (Å²) in [5, 5.41) is 0. The Hall–Kier alpha value is -1.52. The average molecular weight is 259 g/mol. The molecule has 2 rings (SSSR count). The van der Waals surface area contributed by atoms with Gasteiger partial charge in [0.25, 0.3) is 0 Å². The van der Waals surface area contributed by atoms with Crippen molar-refractivity contribution in [3.8, 4) is 0 Å². The SMILES string of the molecule is Cc1ccccc1SCC(N)c1cccnc1N. The van der Waals surface area contributed by atoms with Gasteiger partial charge in [-0.3, -0.25) is 0 Å². The highest BCUT2D eigenvalue weighted by Crippen LogP contribution is 2.27. The first-order chi connectivity index (χ1) is 8.68. The van der Waals surface area contributed by atoms with E-state index < -0.39 is 0 Å². The molecule has 0 aliphatic heterocycles. The van der Waals surface area contributed by atoms with E-state index in [2.05, 4.69) is 24.0 Å². The first-order valence-corrected chi connectivity index (χ1v) is 6.81. The first kappa shape index (κ1) is 12.9. The van der Waals surface area contributed by atoms with E-state index in [0.717, 1.165) is 11.3 Å². The third-order valence-corrected chi connectivity index (χ3v) is 4.08. The lowest BCUT2D eigenvalue weighted by molar-refractivity contribution is 0.828. The van der Waals surface area contributed by atoms with Crippen molar-refractivity contribution in [2.45, 2.75) is 17.9 Å². The number of nitrogens with two attached hydrogens (primary N) is 2. The van der Waals surface area contributed by atoms with E-state index in [-0.39, 0.29) is 6.04 Å². The number of thioether (sulfide) groups is 1. The van der Waals surface area contributed by atoms with Gasteiger partial charge >= 0.3 is 0 Å². The molecule has 94 valence electrons. The van der Waals surface area contributed by atoms with Gasteiger partial charge in [0, 0.05) is 28.5 Å². The van der Waals surface area contributed by atoms with Gasteiger partial charge in [0.1, 0.15) is 5.82 Å². The number of rotatable bonds is 4. The maximum atomic E-state index is 6.15.